The van der Waals surface area contributed by atoms with Crippen LogP contribution in [-0.4, -0.2) is 44.6 Å². The van der Waals surface area contributed by atoms with Crippen LogP contribution in [0.3, 0.4) is 0 Å². The molecule has 1 fully saturated rings. The molecule has 0 aromatic heterocycles. The number of hydrogen-bond acceptors (Lipinski definition) is 4. The lowest BCUT2D eigenvalue weighted by atomic mass is 9.87. The maximum absolute atomic E-state index is 13.0. The molecule has 0 bridgehead atoms. The summed E-state index contributed by atoms with van der Waals surface area (Å²) in [4.78, 5) is 25.6. The Kier molecular flexibility index (Phi) is 7.10. The number of carbonyl (C=O) groups excluding carboxylic acids is 2. The molecular weight excluding hydrogens is 402 g/mol. The van der Waals surface area contributed by atoms with Crippen LogP contribution in [0.4, 0.5) is 0 Å². The first kappa shape index (κ1) is 22.3. The first-order chi connectivity index (χ1) is 15.6. The van der Waals surface area contributed by atoms with Crippen molar-refractivity contribution in [3.8, 4) is 5.75 Å². The second-order valence-electron chi connectivity index (χ2n) is 8.82. The highest BCUT2D eigenvalue weighted by molar-refractivity contribution is 6.02. The van der Waals surface area contributed by atoms with E-state index in [1.165, 1.54) is 12.8 Å². The molecule has 2 atom stereocenters. The van der Waals surface area contributed by atoms with E-state index in [4.69, 9.17) is 4.74 Å². The van der Waals surface area contributed by atoms with Gasteiger partial charge in [0.1, 0.15) is 11.9 Å². The summed E-state index contributed by atoms with van der Waals surface area (Å²) in [6.07, 6.45) is 4.41. The van der Waals surface area contributed by atoms with Crippen LogP contribution in [0.5, 0.6) is 5.75 Å². The Labute approximate surface area is 190 Å². The molecule has 0 aliphatic carbocycles. The molecule has 2 heterocycles. The first-order valence-electron chi connectivity index (χ1n) is 11.7. The van der Waals surface area contributed by atoms with E-state index in [1.807, 2.05) is 31.2 Å². The predicted octanol–water partition coefficient (Wildman–Crippen LogP) is 3.47. The minimum Gasteiger partial charge on any atom is -0.489 e. The predicted molar refractivity (Wildman–Crippen MR) is 125 cm³/mol. The molecule has 0 radical (unpaired) electrons. The topological polar surface area (TPSA) is 79.5 Å². The fraction of sp³-hybridized carbons (Fsp3) is 0.462. The van der Waals surface area contributed by atoms with Crippen molar-refractivity contribution in [2.75, 3.05) is 26.7 Å². The molecule has 3 N–H and O–H groups in total. The highest BCUT2D eigenvalue weighted by atomic mass is 16.5. The lowest BCUT2D eigenvalue weighted by molar-refractivity contribution is 0.0952. The van der Waals surface area contributed by atoms with Crippen LogP contribution in [0.2, 0.25) is 0 Å². The zero-order valence-corrected chi connectivity index (χ0v) is 18.9. The molecule has 2 aliphatic rings. The van der Waals surface area contributed by atoms with Gasteiger partial charge in [0.15, 0.2) is 0 Å². The summed E-state index contributed by atoms with van der Waals surface area (Å²) in [6.45, 7) is 4.84. The normalized spacial score (nSPS) is 20.3. The average Bonchev–Trinajstić information content (AvgIpc) is 3.17. The third-order valence-corrected chi connectivity index (χ3v) is 6.65. The third-order valence-electron chi connectivity index (χ3n) is 6.65. The van der Waals surface area contributed by atoms with Crippen molar-refractivity contribution in [2.24, 2.45) is 5.92 Å². The number of carbonyl (C=O) groups is 2. The maximum Gasteiger partial charge on any atom is 0.254 e. The summed E-state index contributed by atoms with van der Waals surface area (Å²) in [5, 5.41) is 9.12. The molecule has 2 amide bonds. The van der Waals surface area contributed by atoms with Crippen molar-refractivity contribution in [2.45, 2.75) is 44.6 Å². The molecule has 32 heavy (non-hydrogen) atoms. The zero-order valence-electron chi connectivity index (χ0n) is 18.9. The number of nitrogens with one attached hydrogen (secondary N) is 3. The van der Waals surface area contributed by atoms with Gasteiger partial charge in [-0.15, -0.1) is 0 Å². The maximum atomic E-state index is 13.0. The molecule has 2 aliphatic heterocycles. The second-order valence-corrected chi connectivity index (χ2v) is 8.82. The fourth-order valence-corrected chi connectivity index (χ4v) is 4.93. The van der Waals surface area contributed by atoms with Gasteiger partial charge in [-0.3, -0.25) is 9.59 Å². The largest absolute Gasteiger partial charge is 0.489 e. The van der Waals surface area contributed by atoms with Gasteiger partial charge in [-0.1, -0.05) is 30.3 Å². The van der Waals surface area contributed by atoms with Gasteiger partial charge in [0.05, 0.1) is 5.56 Å². The lowest BCUT2D eigenvalue weighted by Crippen LogP contribution is -2.29. The molecule has 0 saturated carbocycles. The molecular formula is C26H33N3O3. The molecule has 1 saturated heterocycles. The van der Waals surface area contributed by atoms with Gasteiger partial charge in [-0.25, -0.2) is 0 Å². The van der Waals surface area contributed by atoms with Gasteiger partial charge in [-0.05, 0) is 69.3 Å². The molecule has 2 aromatic carbocycles. The van der Waals surface area contributed by atoms with Crippen LogP contribution < -0.4 is 20.7 Å². The fourth-order valence-electron chi connectivity index (χ4n) is 4.93. The molecule has 6 heteroatoms. The number of hydrogen-bond donors (Lipinski definition) is 3. The van der Waals surface area contributed by atoms with Crippen molar-refractivity contribution >= 4 is 11.8 Å². The number of benzene rings is 2. The number of fused-ring (bicyclic) bond motifs is 1. The highest BCUT2D eigenvalue weighted by Gasteiger charge is 2.36. The zero-order chi connectivity index (χ0) is 22.5. The monoisotopic (exact) mass is 435 g/mol. The van der Waals surface area contributed by atoms with Crippen molar-refractivity contribution < 1.29 is 14.3 Å². The van der Waals surface area contributed by atoms with Crippen molar-refractivity contribution in [1.29, 1.82) is 0 Å². The van der Waals surface area contributed by atoms with Gasteiger partial charge in [-0.2, -0.15) is 0 Å². The van der Waals surface area contributed by atoms with E-state index in [1.54, 1.807) is 13.1 Å². The van der Waals surface area contributed by atoms with Gasteiger partial charge < -0.3 is 20.7 Å². The van der Waals surface area contributed by atoms with E-state index in [2.05, 4.69) is 28.1 Å². The van der Waals surface area contributed by atoms with Gasteiger partial charge >= 0.3 is 0 Å². The molecule has 0 spiro atoms. The van der Waals surface area contributed by atoms with Gasteiger partial charge in [0.2, 0.25) is 0 Å². The molecule has 4 rings (SSSR count). The van der Waals surface area contributed by atoms with Crippen LogP contribution in [0.1, 0.15) is 70.4 Å². The Morgan fingerprint density at radius 2 is 1.84 bits per heavy atom. The highest BCUT2D eigenvalue weighted by Crippen LogP contribution is 2.44. The van der Waals surface area contributed by atoms with Crippen molar-refractivity contribution in [1.82, 2.24) is 16.0 Å². The first-order valence-corrected chi connectivity index (χ1v) is 11.7. The van der Waals surface area contributed by atoms with E-state index in [9.17, 15) is 9.59 Å². The number of piperidine rings is 1. The van der Waals surface area contributed by atoms with Crippen LogP contribution in [0.15, 0.2) is 42.5 Å². The Morgan fingerprint density at radius 3 is 2.56 bits per heavy atom. The van der Waals surface area contributed by atoms with Crippen LogP contribution in [0, 0.1) is 5.92 Å². The summed E-state index contributed by atoms with van der Waals surface area (Å²) in [7, 11) is 1.59. The van der Waals surface area contributed by atoms with Crippen LogP contribution in [-0.2, 0) is 0 Å². The Morgan fingerprint density at radius 1 is 1.09 bits per heavy atom. The molecule has 170 valence electrons. The quantitative estimate of drug-likeness (QED) is 0.582. The summed E-state index contributed by atoms with van der Waals surface area (Å²) >= 11 is 0. The van der Waals surface area contributed by atoms with Crippen LogP contribution >= 0.6 is 0 Å². The number of amides is 2. The Balaban J connectivity index is 1.53. The minimum absolute atomic E-state index is 0.0257. The number of rotatable bonds is 7. The van der Waals surface area contributed by atoms with Crippen molar-refractivity contribution in [3.63, 3.8) is 0 Å². The van der Waals surface area contributed by atoms with E-state index < -0.39 is 0 Å². The van der Waals surface area contributed by atoms with Gasteiger partial charge in [0, 0.05) is 30.6 Å². The molecule has 0 unspecified atom stereocenters. The summed E-state index contributed by atoms with van der Waals surface area (Å²) in [5.41, 5.74) is 2.92. The van der Waals surface area contributed by atoms with E-state index in [0.29, 0.717) is 23.4 Å². The minimum atomic E-state index is -0.247. The van der Waals surface area contributed by atoms with Gasteiger partial charge in [0.25, 0.3) is 11.8 Å². The lowest BCUT2D eigenvalue weighted by Gasteiger charge is -2.22. The SMILES string of the molecule is CNC(=O)c1cc(C(=O)NCCCC2CCNCC2)cc2c1O[C@H](C)[C@H]2c1ccccc1. The summed E-state index contributed by atoms with van der Waals surface area (Å²) in [5.74, 6) is 0.908. The van der Waals surface area contributed by atoms with Crippen LogP contribution in [0.25, 0.3) is 0 Å². The third kappa shape index (κ3) is 4.80. The Hall–Kier alpha value is -2.86. The smallest absolute Gasteiger partial charge is 0.254 e. The standard InChI is InChI=1S/C26H33N3O3/c1-17-23(19-8-4-3-5-9-19)21-15-20(16-22(24(21)32-17)26(31)27-2)25(30)29-12-6-7-18-10-13-28-14-11-18/h3-5,8-9,15-18,23,28H,6-7,10-14H2,1-2H3,(H,27,31)(H,29,30)/t17-,23+/m1/s1. The molecule has 6 nitrogen and oxygen atoms in total. The molecule has 2 aromatic rings. The van der Waals surface area contributed by atoms with E-state index >= 15 is 0 Å². The summed E-state index contributed by atoms with van der Waals surface area (Å²) in [6, 6.07) is 13.6. The number of ether oxygens (including phenoxy) is 1. The second kappa shape index (κ2) is 10.2. The Bertz CT molecular complexity index is 954. The van der Waals surface area contributed by atoms with E-state index in [0.717, 1.165) is 43.0 Å². The summed E-state index contributed by atoms with van der Waals surface area (Å²) < 4.78 is 6.13. The van der Waals surface area contributed by atoms with Crippen molar-refractivity contribution in [3.05, 3.63) is 64.7 Å². The van der Waals surface area contributed by atoms with E-state index in [-0.39, 0.29) is 23.8 Å². The average molecular weight is 436 g/mol.